The van der Waals surface area contributed by atoms with Crippen molar-refractivity contribution in [2.45, 2.75) is 19.8 Å². The molecule has 0 spiro atoms. The molecule has 1 aromatic rings. The van der Waals surface area contributed by atoms with Crippen LogP contribution in [0.25, 0.3) is 0 Å². The molecule has 6 heteroatoms. The fourth-order valence-corrected chi connectivity index (χ4v) is 1.58. The summed E-state index contributed by atoms with van der Waals surface area (Å²) < 4.78 is 4.74. The summed E-state index contributed by atoms with van der Waals surface area (Å²) in [7, 11) is 1.57. The summed E-state index contributed by atoms with van der Waals surface area (Å²) in [5.74, 6) is -1.66. The third kappa shape index (κ3) is 4.38. The topological polar surface area (TPSA) is 83.9 Å². The van der Waals surface area contributed by atoms with Crippen LogP contribution in [0.2, 0.25) is 0 Å². The van der Waals surface area contributed by atoms with E-state index in [4.69, 9.17) is 9.84 Å². The van der Waals surface area contributed by atoms with E-state index in [1.807, 2.05) is 0 Å². The lowest BCUT2D eigenvalue weighted by atomic mass is 10.2. The van der Waals surface area contributed by atoms with E-state index in [9.17, 15) is 14.4 Å². The zero-order valence-electron chi connectivity index (χ0n) is 11.5. The van der Waals surface area contributed by atoms with Crippen molar-refractivity contribution in [1.82, 2.24) is 0 Å². The Morgan fingerprint density at radius 2 is 1.75 bits per heavy atom. The van der Waals surface area contributed by atoms with Crippen molar-refractivity contribution >= 4 is 23.5 Å². The van der Waals surface area contributed by atoms with E-state index in [1.54, 1.807) is 26.1 Å². The maximum Gasteiger partial charge on any atom is 0.335 e. The van der Waals surface area contributed by atoms with E-state index in [1.165, 1.54) is 17.0 Å². The van der Waals surface area contributed by atoms with E-state index in [0.717, 1.165) is 0 Å². The number of benzene rings is 1. The number of hydrogen-bond donors (Lipinski definition) is 1. The number of anilines is 1. The summed E-state index contributed by atoms with van der Waals surface area (Å²) >= 11 is 0. The van der Waals surface area contributed by atoms with Gasteiger partial charge in [-0.05, 0) is 31.2 Å². The number of carbonyl (C=O) groups is 3. The number of carboxylic acid groups (broad SMARTS) is 1. The van der Waals surface area contributed by atoms with Crippen molar-refractivity contribution in [3.05, 3.63) is 29.8 Å². The average Bonchev–Trinajstić information content (AvgIpc) is 2.44. The molecule has 0 saturated carbocycles. The van der Waals surface area contributed by atoms with E-state index >= 15 is 0 Å². The molecule has 0 saturated heterocycles. The van der Waals surface area contributed by atoms with Gasteiger partial charge in [0.05, 0.1) is 18.6 Å². The largest absolute Gasteiger partial charge is 0.478 e. The highest BCUT2D eigenvalue weighted by Crippen LogP contribution is 2.15. The summed E-state index contributed by atoms with van der Waals surface area (Å²) in [6.07, 6.45) is 0.0836. The van der Waals surface area contributed by atoms with E-state index in [2.05, 4.69) is 0 Å². The van der Waals surface area contributed by atoms with Crippen molar-refractivity contribution in [3.63, 3.8) is 0 Å². The Morgan fingerprint density at radius 3 is 2.25 bits per heavy atom. The number of esters is 1. The molecule has 0 aliphatic heterocycles. The van der Waals surface area contributed by atoms with Crippen molar-refractivity contribution < 1.29 is 24.2 Å². The normalized spacial score (nSPS) is 9.90. The van der Waals surface area contributed by atoms with Gasteiger partial charge in [-0.3, -0.25) is 9.59 Å². The Balaban J connectivity index is 2.60. The number of nitrogens with zero attached hydrogens (tertiary/aromatic N) is 1. The van der Waals surface area contributed by atoms with Crippen molar-refractivity contribution in [1.29, 1.82) is 0 Å². The smallest absolute Gasteiger partial charge is 0.335 e. The molecule has 0 aliphatic rings. The van der Waals surface area contributed by atoms with Gasteiger partial charge in [0.2, 0.25) is 5.91 Å². The fourth-order valence-electron chi connectivity index (χ4n) is 1.58. The molecular weight excluding hydrogens is 262 g/mol. The molecule has 1 rings (SSSR count). The summed E-state index contributed by atoms with van der Waals surface area (Å²) in [5, 5.41) is 8.79. The first kappa shape index (κ1) is 15.7. The first-order chi connectivity index (χ1) is 9.45. The third-order valence-electron chi connectivity index (χ3n) is 2.72. The van der Waals surface area contributed by atoms with Gasteiger partial charge in [0.1, 0.15) is 0 Å². The molecule has 1 aromatic carbocycles. The first-order valence-corrected chi connectivity index (χ1v) is 6.21. The number of ether oxygens (including phenoxy) is 1. The van der Waals surface area contributed by atoms with Crippen LogP contribution in [0.15, 0.2) is 24.3 Å². The molecule has 20 heavy (non-hydrogen) atoms. The van der Waals surface area contributed by atoms with Crippen LogP contribution in [-0.2, 0) is 14.3 Å². The number of carbonyl (C=O) groups excluding carboxylic acids is 2. The van der Waals surface area contributed by atoms with Gasteiger partial charge in [0.15, 0.2) is 0 Å². The maximum atomic E-state index is 11.9. The van der Waals surface area contributed by atoms with Crippen molar-refractivity contribution in [3.8, 4) is 0 Å². The maximum absolute atomic E-state index is 11.9. The number of amides is 1. The van der Waals surface area contributed by atoms with Gasteiger partial charge in [0.25, 0.3) is 0 Å². The Morgan fingerprint density at radius 1 is 1.15 bits per heavy atom. The Hall–Kier alpha value is -2.37. The minimum atomic E-state index is -1.02. The fraction of sp³-hybridized carbons (Fsp3) is 0.357. The quantitative estimate of drug-likeness (QED) is 0.801. The van der Waals surface area contributed by atoms with E-state index in [0.29, 0.717) is 12.3 Å². The van der Waals surface area contributed by atoms with Crippen LogP contribution in [0.3, 0.4) is 0 Å². The van der Waals surface area contributed by atoms with E-state index < -0.39 is 11.9 Å². The monoisotopic (exact) mass is 279 g/mol. The zero-order chi connectivity index (χ0) is 15.1. The summed E-state index contributed by atoms with van der Waals surface area (Å²) in [6, 6.07) is 5.94. The lowest BCUT2D eigenvalue weighted by Gasteiger charge is -2.17. The highest BCUT2D eigenvalue weighted by Gasteiger charge is 2.14. The molecule has 0 atom stereocenters. The molecule has 0 radical (unpaired) electrons. The van der Waals surface area contributed by atoms with Gasteiger partial charge >= 0.3 is 11.9 Å². The zero-order valence-corrected chi connectivity index (χ0v) is 11.5. The molecule has 0 aliphatic carbocycles. The minimum Gasteiger partial charge on any atom is -0.478 e. The molecule has 0 heterocycles. The van der Waals surface area contributed by atoms with Crippen LogP contribution in [0.1, 0.15) is 30.1 Å². The number of hydrogen-bond acceptors (Lipinski definition) is 4. The predicted octanol–water partition coefficient (Wildman–Crippen LogP) is 1.69. The van der Waals surface area contributed by atoms with Crippen LogP contribution >= 0.6 is 0 Å². The van der Waals surface area contributed by atoms with Gasteiger partial charge in [0, 0.05) is 19.2 Å². The molecular formula is C14H17NO5. The predicted molar refractivity (Wildman–Crippen MR) is 72.7 cm³/mol. The summed E-state index contributed by atoms with van der Waals surface area (Å²) in [4.78, 5) is 35.1. The lowest BCUT2D eigenvalue weighted by Crippen LogP contribution is -2.26. The summed E-state index contributed by atoms with van der Waals surface area (Å²) in [6.45, 7) is 2.00. The van der Waals surface area contributed by atoms with Gasteiger partial charge in [-0.2, -0.15) is 0 Å². The standard InChI is InChI=1S/C14H17NO5/c1-3-20-13(17)9-8-12(16)15(2)11-6-4-10(5-7-11)14(18)19/h4-7H,3,8-9H2,1-2H3,(H,18,19). The second-order valence-electron chi connectivity index (χ2n) is 4.11. The highest BCUT2D eigenvalue weighted by molar-refractivity contribution is 5.95. The Kier molecular flexibility index (Phi) is 5.71. The first-order valence-electron chi connectivity index (χ1n) is 6.21. The Labute approximate surface area is 117 Å². The molecule has 0 bridgehead atoms. The van der Waals surface area contributed by atoms with Gasteiger partial charge in [-0.25, -0.2) is 4.79 Å². The number of aromatic carboxylic acids is 1. The second kappa shape index (κ2) is 7.28. The molecule has 0 unspecified atom stereocenters. The van der Waals surface area contributed by atoms with Crippen molar-refractivity contribution in [2.75, 3.05) is 18.6 Å². The summed E-state index contributed by atoms with van der Waals surface area (Å²) in [5.41, 5.74) is 0.727. The second-order valence-corrected chi connectivity index (χ2v) is 4.11. The molecule has 1 N–H and O–H groups in total. The molecule has 108 valence electrons. The van der Waals surface area contributed by atoms with Gasteiger partial charge < -0.3 is 14.7 Å². The average molecular weight is 279 g/mol. The van der Waals surface area contributed by atoms with E-state index in [-0.39, 0.29) is 24.3 Å². The van der Waals surface area contributed by atoms with Gasteiger partial charge in [-0.1, -0.05) is 0 Å². The molecule has 6 nitrogen and oxygen atoms in total. The van der Waals surface area contributed by atoms with Crippen molar-refractivity contribution in [2.24, 2.45) is 0 Å². The van der Waals surface area contributed by atoms with Crippen LogP contribution in [0.5, 0.6) is 0 Å². The Bertz CT molecular complexity index is 495. The van der Waals surface area contributed by atoms with Gasteiger partial charge in [-0.15, -0.1) is 0 Å². The molecule has 0 fully saturated rings. The number of rotatable bonds is 6. The van der Waals surface area contributed by atoms with Crippen LogP contribution in [0.4, 0.5) is 5.69 Å². The molecule has 1 amide bonds. The van der Waals surface area contributed by atoms with Crippen LogP contribution < -0.4 is 4.90 Å². The molecule has 0 aromatic heterocycles. The minimum absolute atomic E-state index is 0.0320. The van der Waals surface area contributed by atoms with Crippen LogP contribution in [0, 0.1) is 0 Å². The SMILES string of the molecule is CCOC(=O)CCC(=O)N(C)c1ccc(C(=O)O)cc1. The highest BCUT2D eigenvalue weighted by atomic mass is 16.5. The lowest BCUT2D eigenvalue weighted by molar-refractivity contribution is -0.144. The van der Waals surface area contributed by atoms with Crippen LogP contribution in [-0.4, -0.2) is 36.6 Å². The third-order valence-corrected chi connectivity index (χ3v) is 2.72. The number of carboxylic acids is 1.